The third-order valence-corrected chi connectivity index (χ3v) is 5.09. The van der Waals surface area contributed by atoms with Crippen molar-refractivity contribution in [3.8, 4) is 0 Å². The summed E-state index contributed by atoms with van der Waals surface area (Å²) in [4.78, 5) is 27.1. The highest BCUT2D eigenvalue weighted by Crippen LogP contribution is 2.23. The Morgan fingerprint density at radius 1 is 1.07 bits per heavy atom. The van der Waals surface area contributed by atoms with Gasteiger partial charge in [-0.3, -0.25) is 9.59 Å². The highest BCUT2D eigenvalue weighted by Gasteiger charge is 2.27. The van der Waals surface area contributed by atoms with Gasteiger partial charge in [0.2, 0.25) is 11.8 Å². The van der Waals surface area contributed by atoms with Crippen LogP contribution in [0.3, 0.4) is 0 Å². The first-order valence-electron chi connectivity index (χ1n) is 9.43. The van der Waals surface area contributed by atoms with Crippen molar-refractivity contribution in [2.45, 2.75) is 39.8 Å². The van der Waals surface area contributed by atoms with Gasteiger partial charge in [-0.25, -0.2) is 4.39 Å². The molecule has 0 aliphatic carbocycles. The third kappa shape index (κ3) is 6.72. The maximum absolute atomic E-state index is 14.0. The molecule has 2 amide bonds. The van der Waals surface area contributed by atoms with E-state index in [4.69, 9.17) is 23.2 Å². The fourth-order valence-electron chi connectivity index (χ4n) is 2.77. The molecule has 2 aromatic carbocycles. The summed E-state index contributed by atoms with van der Waals surface area (Å²) in [7, 11) is 0. The molecule has 0 bridgehead atoms. The molecule has 1 atom stereocenters. The molecule has 4 nitrogen and oxygen atoms in total. The van der Waals surface area contributed by atoms with Gasteiger partial charge in [0.1, 0.15) is 11.9 Å². The van der Waals surface area contributed by atoms with E-state index < -0.39 is 11.9 Å². The molecule has 0 heterocycles. The van der Waals surface area contributed by atoms with Gasteiger partial charge in [0, 0.05) is 23.1 Å². The molecule has 0 aliphatic heterocycles. The minimum absolute atomic E-state index is 0.111. The number of rotatable bonds is 8. The maximum atomic E-state index is 14.0. The van der Waals surface area contributed by atoms with Crippen LogP contribution in [0, 0.1) is 11.7 Å². The summed E-state index contributed by atoms with van der Waals surface area (Å²) in [6.45, 7) is 6.23. The second kappa shape index (κ2) is 10.6. The Morgan fingerprint density at radius 2 is 1.76 bits per heavy atom. The molecule has 7 heteroatoms. The van der Waals surface area contributed by atoms with E-state index >= 15 is 0 Å². The van der Waals surface area contributed by atoms with Gasteiger partial charge in [0.15, 0.2) is 0 Å². The molecule has 2 aromatic rings. The van der Waals surface area contributed by atoms with Crippen LogP contribution in [0.4, 0.5) is 4.39 Å². The number of carbonyl (C=O) groups excluding carboxylic acids is 2. The highest BCUT2D eigenvalue weighted by atomic mass is 35.5. The molecule has 0 saturated heterocycles. The molecule has 1 N–H and O–H groups in total. The standard InChI is InChI=1S/C22H25Cl2FN2O2/c1-14(2)12-26-22(29)15(3)27(13-17-8-9-18(23)11-19(17)24)21(28)10-16-6-4-5-7-20(16)25/h4-9,11,14-15H,10,12-13H2,1-3H3,(H,26,29)/t15-/m1/s1. The number of amides is 2. The number of benzene rings is 2. The molecule has 0 unspecified atom stereocenters. The van der Waals surface area contributed by atoms with Crippen LogP contribution in [-0.4, -0.2) is 29.3 Å². The van der Waals surface area contributed by atoms with E-state index in [2.05, 4.69) is 5.32 Å². The lowest BCUT2D eigenvalue weighted by molar-refractivity contribution is -0.140. The molecule has 29 heavy (non-hydrogen) atoms. The molecule has 2 rings (SSSR count). The summed E-state index contributed by atoms with van der Waals surface area (Å²) < 4.78 is 14.0. The summed E-state index contributed by atoms with van der Waals surface area (Å²) >= 11 is 12.2. The van der Waals surface area contributed by atoms with Gasteiger partial charge in [0.05, 0.1) is 6.42 Å². The quantitative estimate of drug-likeness (QED) is 0.639. The van der Waals surface area contributed by atoms with Gasteiger partial charge < -0.3 is 10.2 Å². The number of hydrogen-bond acceptors (Lipinski definition) is 2. The van der Waals surface area contributed by atoms with Crippen LogP contribution in [0.5, 0.6) is 0 Å². The number of nitrogens with one attached hydrogen (secondary N) is 1. The van der Waals surface area contributed by atoms with E-state index in [0.29, 0.717) is 22.2 Å². The first-order valence-corrected chi connectivity index (χ1v) is 10.2. The summed E-state index contributed by atoms with van der Waals surface area (Å²) in [6.07, 6.45) is -0.153. The Bertz CT molecular complexity index is 874. The van der Waals surface area contributed by atoms with Crippen molar-refractivity contribution in [1.29, 1.82) is 0 Å². The number of hydrogen-bond donors (Lipinski definition) is 1. The van der Waals surface area contributed by atoms with Crippen molar-refractivity contribution >= 4 is 35.0 Å². The largest absolute Gasteiger partial charge is 0.354 e. The van der Waals surface area contributed by atoms with Crippen LogP contribution < -0.4 is 5.32 Å². The van der Waals surface area contributed by atoms with Crippen LogP contribution in [0.1, 0.15) is 31.9 Å². The van der Waals surface area contributed by atoms with E-state index in [1.807, 2.05) is 13.8 Å². The lowest BCUT2D eigenvalue weighted by atomic mass is 10.1. The van der Waals surface area contributed by atoms with Crippen molar-refractivity contribution in [3.05, 3.63) is 69.5 Å². The lowest BCUT2D eigenvalue weighted by Gasteiger charge is -2.29. The minimum Gasteiger partial charge on any atom is -0.354 e. The number of halogens is 3. The fourth-order valence-corrected chi connectivity index (χ4v) is 3.24. The van der Waals surface area contributed by atoms with Crippen molar-refractivity contribution in [1.82, 2.24) is 10.2 Å². The first kappa shape index (κ1) is 23.2. The van der Waals surface area contributed by atoms with Crippen molar-refractivity contribution in [2.24, 2.45) is 5.92 Å². The van der Waals surface area contributed by atoms with Crippen LogP contribution in [0.15, 0.2) is 42.5 Å². The average Bonchev–Trinajstić information content (AvgIpc) is 2.66. The number of carbonyl (C=O) groups is 2. The van der Waals surface area contributed by atoms with Crippen LogP contribution >= 0.6 is 23.2 Å². The lowest BCUT2D eigenvalue weighted by Crippen LogP contribution is -2.48. The molecule has 156 valence electrons. The number of nitrogens with zero attached hydrogens (tertiary/aromatic N) is 1. The normalized spacial score (nSPS) is 12.0. The van der Waals surface area contributed by atoms with Gasteiger partial charge in [0.25, 0.3) is 0 Å². The van der Waals surface area contributed by atoms with E-state index in [-0.39, 0.29) is 36.3 Å². The molecule has 0 radical (unpaired) electrons. The van der Waals surface area contributed by atoms with Crippen molar-refractivity contribution in [2.75, 3.05) is 6.54 Å². The molecular weight excluding hydrogens is 414 g/mol. The SMILES string of the molecule is CC(C)CNC(=O)[C@@H](C)N(Cc1ccc(Cl)cc1Cl)C(=O)Cc1ccccc1F. The third-order valence-electron chi connectivity index (χ3n) is 4.51. The molecule has 0 spiro atoms. The fraction of sp³-hybridized carbons (Fsp3) is 0.364. The topological polar surface area (TPSA) is 49.4 Å². The zero-order valence-corrected chi connectivity index (χ0v) is 18.2. The van der Waals surface area contributed by atoms with E-state index in [1.165, 1.54) is 11.0 Å². The Morgan fingerprint density at radius 3 is 2.38 bits per heavy atom. The van der Waals surface area contributed by atoms with Gasteiger partial charge in [-0.1, -0.05) is 61.3 Å². The van der Waals surface area contributed by atoms with Crippen LogP contribution in [-0.2, 0) is 22.6 Å². The average molecular weight is 439 g/mol. The maximum Gasteiger partial charge on any atom is 0.242 e. The Hall–Kier alpha value is -2.11. The summed E-state index contributed by atoms with van der Waals surface area (Å²) in [5.74, 6) is -0.819. The smallest absolute Gasteiger partial charge is 0.242 e. The first-order chi connectivity index (χ1) is 13.7. The zero-order chi connectivity index (χ0) is 21.6. The highest BCUT2D eigenvalue weighted by molar-refractivity contribution is 6.35. The molecule has 0 fully saturated rings. The molecule has 0 aromatic heterocycles. The van der Waals surface area contributed by atoms with Crippen molar-refractivity contribution in [3.63, 3.8) is 0 Å². The van der Waals surface area contributed by atoms with E-state index in [0.717, 1.165) is 0 Å². The second-order valence-electron chi connectivity index (χ2n) is 7.34. The zero-order valence-electron chi connectivity index (χ0n) is 16.7. The predicted molar refractivity (Wildman–Crippen MR) is 114 cm³/mol. The van der Waals surface area contributed by atoms with Crippen LogP contribution in [0.25, 0.3) is 0 Å². The summed E-state index contributed by atoms with van der Waals surface area (Å²) in [5, 5.41) is 3.72. The minimum atomic E-state index is -0.750. The second-order valence-corrected chi connectivity index (χ2v) is 8.18. The Labute approximate surface area is 181 Å². The Kier molecular flexibility index (Phi) is 8.47. The van der Waals surface area contributed by atoms with E-state index in [9.17, 15) is 14.0 Å². The monoisotopic (exact) mass is 438 g/mol. The van der Waals surface area contributed by atoms with Gasteiger partial charge >= 0.3 is 0 Å². The van der Waals surface area contributed by atoms with E-state index in [1.54, 1.807) is 43.3 Å². The van der Waals surface area contributed by atoms with Crippen molar-refractivity contribution < 1.29 is 14.0 Å². The summed E-state index contributed by atoms with van der Waals surface area (Å²) in [6, 6.07) is 10.3. The van der Waals surface area contributed by atoms with Gasteiger partial charge in [-0.2, -0.15) is 0 Å². The van der Waals surface area contributed by atoms with Crippen LogP contribution in [0.2, 0.25) is 10.0 Å². The molecule has 0 saturated carbocycles. The predicted octanol–water partition coefficient (Wildman–Crippen LogP) is 4.86. The van der Waals surface area contributed by atoms with Gasteiger partial charge in [-0.05, 0) is 42.2 Å². The van der Waals surface area contributed by atoms with Gasteiger partial charge in [-0.15, -0.1) is 0 Å². The molecular formula is C22H25Cl2FN2O2. The Balaban J connectivity index is 2.27. The summed E-state index contributed by atoms with van der Waals surface area (Å²) in [5.41, 5.74) is 0.931. The molecule has 0 aliphatic rings.